The lowest BCUT2D eigenvalue weighted by Crippen LogP contribution is -2.35. The largest absolute Gasteiger partial charge is 0.375 e. The quantitative estimate of drug-likeness (QED) is 0.537. The van der Waals surface area contributed by atoms with Crippen LogP contribution in [0.4, 0.5) is 0 Å². The Balaban J connectivity index is 2.60. The molecule has 98 valence electrons. The molecule has 0 bridgehead atoms. The van der Waals surface area contributed by atoms with Gasteiger partial charge in [0.25, 0.3) is 0 Å². The van der Waals surface area contributed by atoms with Crippen molar-refractivity contribution < 1.29 is 0 Å². The summed E-state index contributed by atoms with van der Waals surface area (Å²) in [7, 11) is 3.10. The molecule has 2 unspecified atom stereocenters. The van der Waals surface area contributed by atoms with Crippen molar-refractivity contribution in [2.45, 2.75) is 32.7 Å². The van der Waals surface area contributed by atoms with Crippen molar-refractivity contribution in [3.05, 3.63) is 11.9 Å². The Kier molecular flexibility index (Phi) is 6.15. The summed E-state index contributed by atoms with van der Waals surface area (Å²) < 4.78 is 2.61. The van der Waals surface area contributed by atoms with Crippen molar-refractivity contribution in [3.63, 3.8) is 0 Å². The van der Waals surface area contributed by atoms with Crippen LogP contribution in [0.2, 0.25) is 0 Å². The normalized spacial score (nSPS) is 22.9. The van der Waals surface area contributed by atoms with E-state index in [0.29, 0.717) is 5.92 Å². The van der Waals surface area contributed by atoms with E-state index in [1.165, 1.54) is 25.1 Å². The highest BCUT2D eigenvalue weighted by Gasteiger charge is 2.25. The fourth-order valence-corrected chi connectivity index (χ4v) is 3.48. The van der Waals surface area contributed by atoms with Gasteiger partial charge in [0.1, 0.15) is 0 Å². The molecule has 1 fully saturated rings. The van der Waals surface area contributed by atoms with Gasteiger partial charge in [-0.15, -0.1) is 0 Å². The van der Waals surface area contributed by atoms with Gasteiger partial charge in [0.05, 0.1) is 0 Å². The third-order valence-electron chi connectivity index (χ3n) is 3.40. The highest BCUT2D eigenvalue weighted by molar-refractivity contribution is 7.34. The summed E-state index contributed by atoms with van der Waals surface area (Å²) in [5.41, 5.74) is 1.28. The topological polar surface area (TPSA) is 18.8 Å². The lowest BCUT2D eigenvalue weighted by Gasteiger charge is -2.31. The zero-order valence-electron chi connectivity index (χ0n) is 11.6. The summed E-state index contributed by atoms with van der Waals surface area (Å²) in [5.74, 6) is 0.504. The van der Waals surface area contributed by atoms with Crippen LogP contribution in [-0.4, -0.2) is 49.1 Å². The van der Waals surface area contributed by atoms with Gasteiger partial charge in [-0.25, -0.2) is 0 Å². The molecule has 1 aliphatic heterocycles. The van der Waals surface area contributed by atoms with Crippen LogP contribution in [0.1, 0.15) is 26.7 Å². The van der Waals surface area contributed by atoms with E-state index in [1.807, 2.05) is 6.20 Å². The summed E-state index contributed by atoms with van der Waals surface area (Å²) in [6, 6.07) is 0.718. The first-order valence-corrected chi connectivity index (χ1v) is 7.86. The average molecular weight is 255 g/mol. The number of rotatable bonds is 6. The number of hydrogen-bond donors (Lipinski definition) is 0. The van der Waals surface area contributed by atoms with Crippen LogP contribution in [0.25, 0.3) is 0 Å². The highest BCUT2D eigenvalue weighted by Crippen LogP contribution is 2.28. The van der Waals surface area contributed by atoms with E-state index in [2.05, 4.69) is 48.8 Å². The first-order chi connectivity index (χ1) is 8.10. The number of allylic oxidation sites excluding steroid dienone is 1. The molecule has 1 heterocycles. The SMILES string of the molecule is C=N/C=C(/C(C)C)N(C)CC1CCCN1PC. The Bertz CT molecular complexity index is 276. The molecule has 0 radical (unpaired) electrons. The predicted octanol–water partition coefficient (Wildman–Crippen LogP) is 2.80. The summed E-state index contributed by atoms with van der Waals surface area (Å²) in [6.45, 7) is 12.6. The molecule has 17 heavy (non-hydrogen) atoms. The van der Waals surface area contributed by atoms with Crippen LogP contribution in [0, 0.1) is 5.92 Å². The Labute approximate surface area is 108 Å². The molecule has 1 rings (SSSR count). The maximum Gasteiger partial charge on any atom is 0.0454 e. The average Bonchev–Trinajstić information content (AvgIpc) is 2.72. The second kappa shape index (κ2) is 7.13. The van der Waals surface area contributed by atoms with Gasteiger partial charge < -0.3 is 4.90 Å². The van der Waals surface area contributed by atoms with Gasteiger partial charge in [-0.05, 0) is 32.1 Å². The van der Waals surface area contributed by atoms with E-state index in [4.69, 9.17) is 0 Å². The summed E-state index contributed by atoms with van der Waals surface area (Å²) in [6.07, 6.45) is 4.58. The Hall–Kier alpha value is -0.400. The molecule has 1 saturated heterocycles. The second-order valence-corrected chi connectivity index (χ2v) is 6.01. The van der Waals surface area contributed by atoms with Crippen molar-refractivity contribution in [2.75, 3.05) is 26.8 Å². The minimum atomic E-state index is 0.504. The first-order valence-electron chi connectivity index (χ1n) is 6.41. The summed E-state index contributed by atoms with van der Waals surface area (Å²) in [4.78, 5) is 6.28. The molecule has 0 spiro atoms. The maximum atomic E-state index is 3.93. The smallest absolute Gasteiger partial charge is 0.0454 e. The van der Waals surface area contributed by atoms with Gasteiger partial charge in [0, 0.05) is 38.1 Å². The standard InChI is InChI=1S/C13H26N3P/c1-11(2)13(9-14-3)15(4)10-12-7-6-8-16(12)17-5/h9,11-12,17H,3,6-8,10H2,1-2,4-5H3/b13-9-. The maximum absolute atomic E-state index is 3.93. The van der Waals surface area contributed by atoms with Gasteiger partial charge >= 0.3 is 0 Å². The molecule has 0 amide bonds. The molecule has 2 atom stereocenters. The molecule has 0 N–H and O–H groups in total. The van der Waals surface area contributed by atoms with Crippen LogP contribution < -0.4 is 0 Å². The lowest BCUT2D eigenvalue weighted by atomic mass is 10.1. The van der Waals surface area contributed by atoms with Crippen LogP contribution >= 0.6 is 8.73 Å². The molecule has 0 aliphatic carbocycles. The van der Waals surface area contributed by atoms with Gasteiger partial charge in [-0.1, -0.05) is 22.6 Å². The summed E-state index contributed by atoms with van der Waals surface area (Å²) in [5, 5.41) is 0. The van der Waals surface area contributed by atoms with Gasteiger partial charge in [-0.2, -0.15) is 0 Å². The van der Waals surface area contributed by atoms with E-state index in [1.54, 1.807) is 0 Å². The van der Waals surface area contributed by atoms with E-state index in [0.717, 1.165) is 21.3 Å². The van der Waals surface area contributed by atoms with E-state index in [9.17, 15) is 0 Å². The Morgan fingerprint density at radius 3 is 2.88 bits per heavy atom. The van der Waals surface area contributed by atoms with Crippen molar-refractivity contribution >= 4 is 15.4 Å². The monoisotopic (exact) mass is 255 g/mol. The molecule has 1 aliphatic rings. The lowest BCUT2D eigenvalue weighted by molar-refractivity contribution is 0.290. The molecule has 0 saturated carbocycles. The van der Waals surface area contributed by atoms with E-state index in [-0.39, 0.29) is 0 Å². The van der Waals surface area contributed by atoms with Crippen molar-refractivity contribution in [1.82, 2.24) is 9.57 Å². The molecule has 3 nitrogen and oxygen atoms in total. The molecule has 0 aromatic heterocycles. The molecule has 0 aromatic rings. The second-order valence-electron chi connectivity index (χ2n) is 4.98. The number of nitrogens with zero attached hydrogens (tertiary/aromatic N) is 3. The molecular formula is C13H26N3P. The van der Waals surface area contributed by atoms with E-state index < -0.39 is 0 Å². The van der Waals surface area contributed by atoms with Crippen LogP contribution in [0.5, 0.6) is 0 Å². The Morgan fingerprint density at radius 1 is 1.65 bits per heavy atom. The minimum Gasteiger partial charge on any atom is -0.375 e. The van der Waals surface area contributed by atoms with Crippen molar-refractivity contribution in [1.29, 1.82) is 0 Å². The fourth-order valence-electron chi connectivity index (χ4n) is 2.52. The van der Waals surface area contributed by atoms with Crippen LogP contribution in [0.3, 0.4) is 0 Å². The Morgan fingerprint density at radius 2 is 2.35 bits per heavy atom. The molecule has 0 aromatic carbocycles. The third kappa shape index (κ3) is 4.08. The van der Waals surface area contributed by atoms with Crippen LogP contribution in [-0.2, 0) is 0 Å². The third-order valence-corrected chi connectivity index (χ3v) is 4.57. The highest BCUT2D eigenvalue weighted by atomic mass is 31.1. The summed E-state index contributed by atoms with van der Waals surface area (Å²) >= 11 is 0. The van der Waals surface area contributed by atoms with Gasteiger partial charge in [0.2, 0.25) is 0 Å². The van der Waals surface area contributed by atoms with Crippen molar-refractivity contribution in [3.8, 4) is 0 Å². The predicted molar refractivity (Wildman–Crippen MR) is 79.1 cm³/mol. The van der Waals surface area contributed by atoms with Gasteiger partial charge in [0.15, 0.2) is 0 Å². The van der Waals surface area contributed by atoms with Gasteiger partial charge in [-0.3, -0.25) is 9.66 Å². The fraction of sp³-hybridized carbons (Fsp3) is 0.769. The zero-order chi connectivity index (χ0) is 12.8. The number of hydrogen-bond acceptors (Lipinski definition) is 3. The van der Waals surface area contributed by atoms with E-state index >= 15 is 0 Å². The minimum absolute atomic E-state index is 0.504. The number of aliphatic imine (C=N–C) groups is 1. The van der Waals surface area contributed by atoms with Crippen molar-refractivity contribution in [2.24, 2.45) is 10.9 Å². The zero-order valence-corrected chi connectivity index (χ0v) is 12.6. The first kappa shape index (κ1) is 14.7. The molecule has 4 heteroatoms. The van der Waals surface area contributed by atoms with Crippen LogP contribution in [0.15, 0.2) is 16.9 Å². The molecular weight excluding hydrogens is 229 g/mol. The number of likely N-dealkylation sites (N-methyl/N-ethyl adjacent to an activating group) is 1.